The molecule has 21 heavy (non-hydrogen) atoms. The minimum atomic E-state index is -0.359. The Labute approximate surface area is 123 Å². The summed E-state index contributed by atoms with van der Waals surface area (Å²) in [7, 11) is 0. The van der Waals surface area contributed by atoms with Gasteiger partial charge in [0, 0.05) is 17.8 Å². The van der Waals surface area contributed by atoms with E-state index in [0.717, 1.165) is 30.8 Å². The number of carbonyl (C=O) groups excluding carboxylic acids is 1. The van der Waals surface area contributed by atoms with Crippen LogP contribution in [-0.2, 0) is 13.0 Å². The maximum atomic E-state index is 13.6. The van der Waals surface area contributed by atoms with E-state index in [0.29, 0.717) is 11.1 Å². The van der Waals surface area contributed by atoms with Crippen molar-refractivity contribution in [3.05, 3.63) is 64.5 Å². The van der Waals surface area contributed by atoms with Gasteiger partial charge in [-0.15, -0.1) is 0 Å². The lowest BCUT2D eigenvalue weighted by Crippen LogP contribution is -2.25. The Morgan fingerprint density at radius 1 is 1.29 bits per heavy atom. The summed E-state index contributed by atoms with van der Waals surface area (Å²) < 4.78 is 13.6. The van der Waals surface area contributed by atoms with Crippen LogP contribution in [0.4, 0.5) is 10.1 Å². The van der Waals surface area contributed by atoms with Gasteiger partial charge >= 0.3 is 0 Å². The van der Waals surface area contributed by atoms with Crippen LogP contribution < -0.4 is 10.6 Å². The molecule has 3 nitrogen and oxygen atoms in total. The molecular formula is C17H17FN2O. The molecule has 4 heteroatoms. The third kappa shape index (κ3) is 2.81. The molecule has 0 saturated heterocycles. The van der Waals surface area contributed by atoms with Crippen molar-refractivity contribution in [2.75, 3.05) is 11.9 Å². The molecule has 1 heterocycles. The molecular weight excluding hydrogens is 267 g/mol. The van der Waals surface area contributed by atoms with Gasteiger partial charge in [0.15, 0.2) is 0 Å². The van der Waals surface area contributed by atoms with Gasteiger partial charge in [0.1, 0.15) is 5.82 Å². The first-order valence-electron chi connectivity index (χ1n) is 7.04. The van der Waals surface area contributed by atoms with Crippen LogP contribution in [0.15, 0.2) is 36.4 Å². The number of aryl methyl sites for hydroxylation is 1. The lowest BCUT2D eigenvalue weighted by atomic mass is 9.99. The summed E-state index contributed by atoms with van der Waals surface area (Å²) in [6, 6.07) is 10.4. The average molecular weight is 284 g/mol. The molecule has 108 valence electrons. The Morgan fingerprint density at radius 2 is 2.14 bits per heavy atom. The third-order valence-electron chi connectivity index (χ3n) is 3.82. The van der Waals surface area contributed by atoms with E-state index in [-0.39, 0.29) is 11.7 Å². The number of amides is 1. The highest BCUT2D eigenvalue weighted by molar-refractivity contribution is 6.04. The van der Waals surface area contributed by atoms with Crippen LogP contribution in [0.1, 0.15) is 27.0 Å². The van der Waals surface area contributed by atoms with Crippen molar-refractivity contribution >= 4 is 11.6 Å². The van der Waals surface area contributed by atoms with Crippen LogP contribution in [0.3, 0.4) is 0 Å². The van der Waals surface area contributed by atoms with E-state index < -0.39 is 0 Å². The number of anilines is 1. The summed E-state index contributed by atoms with van der Waals surface area (Å²) in [6.45, 7) is 3.40. The molecule has 0 radical (unpaired) electrons. The van der Waals surface area contributed by atoms with Gasteiger partial charge < -0.3 is 10.6 Å². The molecule has 0 spiro atoms. The molecule has 0 bridgehead atoms. The van der Waals surface area contributed by atoms with Gasteiger partial charge in [0.05, 0.1) is 0 Å². The van der Waals surface area contributed by atoms with Gasteiger partial charge in [-0.2, -0.15) is 0 Å². The first kappa shape index (κ1) is 13.8. The molecule has 2 aromatic carbocycles. The predicted molar refractivity (Wildman–Crippen MR) is 80.9 cm³/mol. The highest BCUT2D eigenvalue weighted by Crippen LogP contribution is 2.23. The zero-order valence-electron chi connectivity index (χ0n) is 11.9. The van der Waals surface area contributed by atoms with E-state index >= 15 is 0 Å². The van der Waals surface area contributed by atoms with Crippen LogP contribution >= 0.6 is 0 Å². The molecule has 0 atom stereocenters. The third-order valence-corrected chi connectivity index (χ3v) is 3.82. The number of halogens is 1. The smallest absolute Gasteiger partial charge is 0.255 e. The SMILES string of the molecule is Cc1ccc(C(=O)Nc2cccc3c2CCNC3)cc1F. The fourth-order valence-corrected chi connectivity index (χ4v) is 2.58. The summed E-state index contributed by atoms with van der Waals surface area (Å²) in [5.41, 5.74) is 4.06. The summed E-state index contributed by atoms with van der Waals surface area (Å²) in [4.78, 5) is 12.3. The zero-order valence-corrected chi connectivity index (χ0v) is 11.9. The maximum absolute atomic E-state index is 13.6. The zero-order chi connectivity index (χ0) is 14.8. The van der Waals surface area contributed by atoms with E-state index in [1.54, 1.807) is 19.1 Å². The second-order valence-electron chi connectivity index (χ2n) is 5.29. The van der Waals surface area contributed by atoms with Crippen LogP contribution in [0.2, 0.25) is 0 Å². The quantitative estimate of drug-likeness (QED) is 0.890. The highest BCUT2D eigenvalue weighted by Gasteiger charge is 2.15. The fourth-order valence-electron chi connectivity index (χ4n) is 2.58. The molecule has 2 N–H and O–H groups in total. The molecule has 0 aromatic heterocycles. The van der Waals surface area contributed by atoms with E-state index in [1.807, 2.05) is 12.1 Å². The lowest BCUT2D eigenvalue weighted by molar-refractivity contribution is 0.102. The molecule has 1 amide bonds. The number of hydrogen-bond donors (Lipinski definition) is 2. The summed E-state index contributed by atoms with van der Waals surface area (Å²) in [5, 5.41) is 6.20. The standard InChI is InChI=1S/C17H17FN2O/c1-11-5-6-12(9-15(11)18)17(21)20-16-4-2-3-13-10-19-8-7-14(13)16/h2-6,9,19H,7-8,10H2,1H3,(H,20,21). The molecule has 0 saturated carbocycles. The van der Waals surface area contributed by atoms with E-state index in [4.69, 9.17) is 0 Å². The Hall–Kier alpha value is -2.20. The van der Waals surface area contributed by atoms with Crippen LogP contribution in [0.25, 0.3) is 0 Å². The second kappa shape index (κ2) is 5.66. The van der Waals surface area contributed by atoms with Gasteiger partial charge in [-0.3, -0.25) is 4.79 Å². The van der Waals surface area contributed by atoms with Crippen molar-refractivity contribution in [1.29, 1.82) is 0 Å². The largest absolute Gasteiger partial charge is 0.322 e. The number of hydrogen-bond acceptors (Lipinski definition) is 2. The van der Waals surface area contributed by atoms with Crippen molar-refractivity contribution in [2.45, 2.75) is 19.9 Å². The minimum absolute atomic E-state index is 0.277. The van der Waals surface area contributed by atoms with E-state index in [1.165, 1.54) is 11.6 Å². The molecule has 0 aliphatic carbocycles. The van der Waals surface area contributed by atoms with Gasteiger partial charge in [-0.1, -0.05) is 18.2 Å². The van der Waals surface area contributed by atoms with Crippen molar-refractivity contribution in [2.24, 2.45) is 0 Å². The number of benzene rings is 2. The van der Waals surface area contributed by atoms with Gasteiger partial charge in [0.2, 0.25) is 0 Å². The molecule has 2 aromatic rings. The van der Waals surface area contributed by atoms with Crippen molar-refractivity contribution in [3.8, 4) is 0 Å². The Kier molecular flexibility index (Phi) is 3.71. The topological polar surface area (TPSA) is 41.1 Å². The van der Waals surface area contributed by atoms with Gasteiger partial charge in [0.25, 0.3) is 5.91 Å². The fraction of sp³-hybridized carbons (Fsp3) is 0.235. The molecule has 0 fully saturated rings. The van der Waals surface area contributed by atoms with Gasteiger partial charge in [-0.05, 0) is 54.8 Å². The molecule has 1 aliphatic heterocycles. The van der Waals surface area contributed by atoms with Crippen LogP contribution in [0, 0.1) is 12.7 Å². The first-order chi connectivity index (χ1) is 10.1. The monoisotopic (exact) mass is 284 g/mol. The van der Waals surface area contributed by atoms with Crippen molar-refractivity contribution in [1.82, 2.24) is 5.32 Å². The Balaban J connectivity index is 1.86. The second-order valence-corrected chi connectivity index (χ2v) is 5.29. The molecule has 3 rings (SSSR count). The highest BCUT2D eigenvalue weighted by atomic mass is 19.1. The number of nitrogens with one attached hydrogen (secondary N) is 2. The molecule has 0 unspecified atom stereocenters. The van der Waals surface area contributed by atoms with Crippen molar-refractivity contribution in [3.63, 3.8) is 0 Å². The van der Waals surface area contributed by atoms with E-state index in [9.17, 15) is 9.18 Å². The van der Waals surface area contributed by atoms with Crippen LogP contribution in [-0.4, -0.2) is 12.5 Å². The number of rotatable bonds is 2. The summed E-state index contributed by atoms with van der Waals surface area (Å²) in [5.74, 6) is -0.636. The first-order valence-corrected chi connectivity index (χ1v) is 7.04. The van der Waals surface area contributed by atoms with Crippen molar-refractivity contribution < 1.29 is 9.18 Å². The Bertz CT molecular complexity index is 697. The van der Waals surface area contributed by atoms with Crippen LogP contribution in [0.5, 0.6) is 0 Å². The number of carbonyl (C=O) groups is 1. The molecule has 1 aliphatic rings. The normalized spacial score (nSPS) is 13.6. The number of fused-ring (bicyclic) bond motifs is 1. The predicted octanol–water partition coefficient (Wildman–Crippen LogP) is 3.03. The lowest BCUT2D eigenvalue weighted by Gasteiger charge is -2.20. The summed E-state index contributed by atoms with van der Waals surface area (Å²) >= 11 is 0. The summed E-state index contributed by atoms with van der Waals surface area (Å²) in [6.07, 6.45) is 0.883. The van der Waals surface area contributed by atoms with E-state index in [2.05, 4.69) is 16.7 Å². The minimum Gasteiger partial charge on any atom is -0.322 e. The average Bonchev–Trinajstić information content (AvgIpc) is 2.50. The van der Waals surface area contributed by atoms with Gasteiger partial charge in [-0.25, -0.2) is 4.39 Å². The maximum Gasteiger partial charge on any atom is 0.255 e. The Morgan fingerprint density at radius 3 is 2.95 bits per heavy atom.